The zero-order valence-corrected chi connectivity index (χ0v) is 11.4. The molecule has 0 bridgehead atoms. The number of nitrogens with two attached hydrogens (primary N) is 1. The summed E-state index contributed by atoms with van der Waals surface area (Å²) in [7, 11) is 1.55. The predicted molar refractivity (Wildman–Crippen MR) is 74.5 cm³/mol. The van der Waals surface area contributed by atoms with Crippen LogP contribution in [-0.4, -0.2) is 37.6 Å². The Labute approximate surface area is 117 Å². The molecule has 1 aliphatic rings. The number of ether oxygens (including phenoxy) is 1. The third-order valence-electron chi connectivity index (χ3n) is 3.27. The molecule has 0 radical (unpaired) electrons. The van der Waals surface area contributed by atoms with Crippen LogP contribution < -0.4 is 21.1 Å². The minimum Gasteiger partial charge on any atom is -0.497 e. The lowest BCUT2D eigenvalue weighted by Gasteiger charge is -2.10. The van der Waals surface area contributed by atoms with Crippen LogP contribution in [0.15, 0.2) is 24.3 Å². The molecule has 4 N–H and O–H groups in total. The van der Waals surface area contributed by atoms with E-state index in [4.69, 9.17) is 10.5 Å². The van der Waals surface area contributed by atoms with Crippen molar-refractivity contribution < 1.29 is 14.3 Å². The van der Waals surface area contributed by atoms with Crippen LogP contribution in [0.5, 0.6) is 5.75 Å². The third-order valence-corrected chi connectivity index (χ3v) is 3.27. The van der Waals surface area contributed by atoms with Gasteiger partial charge in [0.1, 0.15) is 5.75 Å². The predicted octanol–water partition coefficient (Wildman–Crippen LogP) is 0.0325. The maximum absolute atomic E-state index is 11.9. The fourth-order valence-electron chi connectivity index (χ4n) is 1.76. The van der Waals surface area contributed by atoms with Crippen LogP contribution in [0, 0.1) is 0 Å². The Kier molecular flexibility index (Phi) is 4.24. The molecule has 0 heterocycles. The van der Waals surface area contributed by atoms with E-state index in [1.165, 1.54) is 0 Å². The van der Waals surface area contributed by atoms with Crippen molar-refractivity contribution in [2.75, 3.05) is 20.2 Å². The van der Waals surface area contributed by atoms with Crippen molar-refractivity contribution >= 4 is 11.8 Å². The van der Waals surface area contributed by atoms with Crippen LogP contribution in [0.2, 0.25) is 0 Å². The summed E-state index contributed by atoms with van der Waals surface area (Å²) in [6.45, 7) is 0.728. The van der Waals surface area contributed by atoms with Gasteiger partial charge in [0.05, 0.1) is 12.6 Å². The first-order valence-corrected chi connectivity index (χ1v) is 6.54. The van der Waals surface area contributed by atoms with E-state index in [2.05, 4.69) is 10.6 Å². The van der Waals surface area contributed by atoms with E-state index in [1.807, 2.05) is 0 Å². The first-order valence-electron chi connectivity index (χ1n) is 6.54. The van der Waals surface area contributed by atoms with E-state index in [0.29, 0.717) is 24.4 Å². The Morgan fingerprint density at radius 2 is 2.00 bits per heavy atom. The summed E-state index contributed by atoms with van der Waals surface area (Å²) in [5.74, 6) is 0.282. The van der Waals surface area contributed by atoms with Crippen molar-refractivity contribution in [3.8, 4) is 5.75 Å². The molecule has 1 saturated carbocycles. The number of hydrogen-bond acceptors (Lipinski definition) is 4. The second-order valence-corrected chi connectivity index (χ2v) is 4.90. The van der Waals surface area contributed by atoms with Crippen LogP contribution in [0.1, 0.15) is 23.2 Å². The first kappa shape index (κ1) is 14.3. The first-order chi connectivity index (χ1) is 9.55. The topological polar surface area (TPSA) is 93.5 Å². The van der Waals surface area contributed by atoms with E-state index in [0.717, 1.165) is 12.8 Å². The quantitative estimate of drug-likeness (QED) is 0.640. The van der Waals surface area contributed by atoms with Crippen molar-refractivity contribution in [2.45, 2.75) is 18.4 Å². The number of amides is 2. The summed E-state index contributed by atoms with van der Waals surface area (Å²) >= 11 is 0. The molecule has 0 aliphatic heterocycles. The molecule has 1 aliphatic carbocycles. The van der Waals surface area contributed by atoms with Crippen molar-refractivity contribution in [1.29, 1.82) is 0 Å². The summed E-state index contributed by atoms with van der Waals surface area (Å²) < 4.78 is 5.06. The highest BCUT2D eigenvalue weighted by molar-refractivity contribution is 5.94. The highest BCUT2D eigenvalue weighted by Gasteiger charge is 2.45. The summed E-state index contributed by atoms with van der Waals surface area (Å²) in [5.41, 5.74) is 5.59. The number of carbonyl (C=O) groups is 2. The van der Waals surface area contributed by atoms with Crippen LogP contribution >= 0.6 is 0 Å². The van der Waals surface area contributed by atoms with Crippen molar-refractivity contribution in [2.24, 2.45) is 5.73 Å². The molecule has 0 atom stereocenters. The second kappa shape index (κ2) is 5.92. The van der Waals surface area contributed by atoms with Gasteiger partial charge in [-0.3, -0.25) is 9.59 Å². The monoisotopic (exact) mass is 277 g/mol. The average Bonchev–Trinajstić information content (AvgIpc) is 3.22. The van der Waals surface area contributed by atoms with Crippen molar-refractivity contribution in [3.05, 3.63) is 29.8 Å². The van der Waals surface area contributed by atoms with Gasteiger partial charge in [-0.25, -0.2) is 0 Å². The highest BCUT2D eigenvalue weighted by atomic mass is 16.5. The van der Waals surface area contributed by atoms with Crippen LogP contribution in [0.3, 0.4) is 0 Å². The van der Waals surface area contributed by atoms with E-state index in [1.54, 1.807) is 31.4 Å². The van der Waals surface area contributed by atoms with Gasteiger partial charge in [0.15, 0.2) is 0 Å². The number of hydrogen-bond donors (Lipinski definition) is 3. The lowest BCUT2D eigenvalue weighted by Crippen LogP contribution is -2.45. The SMILES string of the molecule is COc1cccc(C(=O)NCCNC(=O)C2(N)CC2)c1. The Bertz CT molecular complexity index is 512. The molecule has 2 rings (SSSR count). The molecule has 0 unspecified atom stereocenters. The number of benzene rings is 1. The molecule has 0 aromatic heterocycles. The molecule has 20 heavy (non-hydrogen) atoms. The molecule has 1 aromatic carbocycles. The molecule has 2 amide bonds. The van der Waals surface area contributed by atoms with Crippen LogP contribution in [0.4, 0.5) is 0 Å². The van der Waals surface area contributed by atoms with Gasteiger partial charge in [0.2, 0.25) is 5.91 Å². The van der Waals surface area contributed by atoms with E-state index >= 15 is 0 Å². The van der Waals surface area contributed by atoms with Crippen molar-refractivity contribution in [3.63, 3.8) is 0 Å². The molecule has 1 fully saturated rings. The van der Waals surface area contributed by atoms with Crippen LogP contribution in [0.25, 0.3) is 0 Å². The zero-order valence-electron chi connectivity index (χ0n) is 11.4. The fraction of sp³-hybridized carbons (Fsp3) is 0.429. The molecule has 1 aromatic rings. The molecule has 0 spiro atoms. The number of methoxy groups -OCH3 is 1. The van der Waals surface area contributed by atoms with Gasteiger partial charge in [-0.15, -0.1) is 0 Å². The number of rotatable bonds is 6. The van der Waals surface area contributed by atoms with Gasteiger partial charge < -0.3 is 21.1 Å². The molecular weight excluding hydrogens is 258 g/mol. The minimum atomic E-state index is -0.670. The van der Waals surface area contributed by atoms with E-state index < -0.39 is 5.54 Å². The largest absolute Gasteiger partial charge is 0.497 e. The Morgan fingerprint density at radius 3 is 2.65 bits per heavy atom. The number of nitrogens with one attached hydrogen (secondary N) is 2. The Hall–Kier alpha value is -2.08. The fourth-order valence-corrected chi connectivity index (χ4v) is 1.76. The molecule has 0 saturated heterocycles. The van der Waals surface area contributed by atoms with Gasteiger partial charge in [-0.1, -0.05) is 6.07 Å². The molecule has 6 nitrogen and oxygen atoms in total. The van der Waals surface area contributed by atoms with E-state index in [9.17, 15) is 9.59 Å². The van der Waals surface area contributed by atoms with Gasteiger partial charge in [-0.05, 0) is 31.0 Å². The lowest BCUT2D eigenvalue weighted by molar-refractivity contribution is -0.123. The Morgan fingerprint density at radius 1 is 1.30 bits per heavy atom. The zero-order chi connectivity index (χ0) is 14.6. The second-order valence-electron chi connectivity index (χ2n) is 4.90. The lowest BCUT2D eigenvalue weighted by atomic mass is 10.2. The van der Waals surface area contributed by atoms with Gasteiger partial charge in [0.25, 0.3) is 5.91 Å². The van der Waals surface area contributed by atoms with Crippen LogP contribution in [-0.2, 0) is 4.79 Å². The minimum absolute atomic E-state index is 0.145. The molecule has 6 heteroatoms. The third kappa shape index (κ3) is 3.48. The summed E-state index contributed by atoms with van der Waals surface area (Å²) in [6.07, 6.45) is 1.46. The van der Waals surface area contributed by atoms with Crippen molar-refractivity contribution in [1.82, 2.24) is 10.6 Å². The van der Waals surface area contributed by atoms with Gasteiger partial charge in [0, 0.05) is 18.7 Å². The summed E-state index contributed by atoms with van der Waals surface area (Å²) in [4.78, 5) is 23.4. The molecule has 108 valence electrons. The smallest absolute Gasteiger partial charge is 0.251 e. The average molecular weight is 277 g/mol. The summed E-state index contributed by atoms with van der Waals surface area (Å²) in [6, 6.07) is 6.89. The standard InChI is InChI=1S/C14H19N3O3/c1-20-11-4-2-3-10(9-11)12(18)16-7-8-17-13(19)14(15)5-6-14/h2-4,9H,5-8,15H2,1H3,(H,16,18)(H,17,19). The van der Waals surface area contributed by atoms with Gasteiger partial charge >= 0.3 is 0 Å². The molecular formula is C14H19N3O3. The highest BCUT2D eigenvalue weighted by Crippen LogP contribution is 2.31. The maximum Gasteiger partial charge on any atom is 0.251 e. The van der Waals surface area contributed by atoms with Gasteiger partial charge in [-0.2, -0.15) is 0 Å². The van der Waals surface area contributed by atoms with E-state index in [-0.39, 0.29) is 11.8 Å². The summed E-state index contributed by atoms with van der Waals surface area (Å²) in [5, 5.41) is 5.44. The normalized spacial score (nSPS) is 15.3. The maximum atomic E-state index is 11.9. The Balaban J connectivity index is 1.73. The number of carbonyl (C=O) groups excluding carboxylic acids is 2.